The summed E-state index contributed by atoms with van der Waals surface area (Å²) in [4.78, 5) is 0. The molecule has 0 amide bonds. The molecular weight excluding hydrogens is 358 g/mol. The van der Waals surface area contributed by atoms with Gasteiger partial charge in [-0.25, -0.2) is 12.1 Å². The fourth-order valence-electron chi connectivity index (χ4n) is 2.32. The molecular formula is C20H21CrF2Si. The SMILES string of the molecule is C[SiH]C.[Cr+4].[F-].[F-].[c-]1cccc2c1Cc1ccccc1-2.c1cc[cH-]c1. The van der Waals surface area contributed by atoms with Crippen molar-refractivity contribution in [2.45, 2.75) is 19.5 Å². The molecule has 0 heterocycles. The zero-order valence-corrected chi connectivity index (χ0v) is 16.3. The van der Waals surface area contributed by atoms with Gasteiger partial charge in [0.2, 0.25) is 0 Å². The number of rotatable bonds is 0. The molecule has 4 heteroatoms. The molecule has 24 heavy (non-hydrogen) atoms. The molecule has 0 atom stereocenters. The zero-order valence-electron chi connectivity index (χ0n) is 13.9. The topological polar surface area (TPSA) is 0 Å². The van der Waals surface area contributed by atoms with E-state index in [0.717, 1.165) is 15.9 Å². The largest absolute Gasteiger partial charge is 4.00 e. The van der Waals surface area contributed by atoms with Gasteiger partial charge >= 0.3 is 17.4 Å². The standard InChI is InChI=1S/C13H9.C5H5.C2H7Si.Cr.2FH/c1-3-7-12-10(5-1)9-11-6-2-4-8-13(11)12;1-2-4-5-3-1;1-3-2;;;/h1-5,7-8H,9H2;1-5H;3H,1-2H3;;2*1H/q2*-1;;+4;;/p-2. The molecule has 4 rings (SSSR count). The molecule has 0 nitrogen and oxygen atoms in total. The summed E-state index contributed by atoms with van der Waals surface area (Å²) >= 11 is 0. The second-order valence-electron chi connectivity index (χ2n) is 4.94. The van der Waals surface area contributed by atoms with Crippen LogP contribution < -0.4 is 9.41 Å². The fourth-order valence-corrected chi connectivity index (χ4v) is 2.32. The van der Waals surface area contributed by atoms with E-state index in [1.165, 1.54) is 22.3 Å². The second kappa shape index (κ2) is 13.8. The van der Waals surface area contributed by atoms with Crippen LogP contribution in [0.25, 0.3) is 11.1 Å². The number of hydrogen-bond donors (Lipinski definition) is 0. The molecule has 0 saturated carbocycles. The number of benzene rings is 2. The van der Waals surface area contributed by atoms with E-state index < -0.39 is 0 Å². The van der Waals surface area contributed by atoms with Crippen molar-refractivity contribution in [3.05, 3.63) is 90.0 Å². The predicted molar refractivity (Wildman–Crippen MR) is 94.4 cm³/mol. The van der Waals surface area contributed by atoms with Crippen LogP contribution >= 0.6 is 0 Å². The minimum Gasteiger partial charge on any atom is -1.00 e. The predicted octanol–water partition coefficient (Wildman–Crippen LogP) is -1.01. The van der Waals surface area contributed by atoms with Crippen molar-refractivity contribution >= 4 is 9.52 Å². The Balaban J connectivity index is 0. The van der Waals surface area contributed by atoms with Gasteiger partial charge in [0.05, 0.1) is 0 Å². The third-order valence-corrected chi connectivity index (χ3v) is 3.17. The van der Waals surface area contributed by atoms with E-state index >= 15 is 0 Å². The van der Waals surface area contributed by atoms with Gasteiger partial charge in [-0.2, -0.15) is 48.0 Å². The molecule has 0 N–H and O–H groups in total. The summed E-state index contributed by atoms with van der Waals surface area (Å²) in [7, 11) is 0.750. The Kier molecular flexibility index (Phi) is 14.2. The van der Waals surface area contributed by atoms with Crippen molar-refractivity contribution in [1.29, 1.82) is 0 Å². The van der Waals surface area contributed by atoms with Gasteiger partial charge in [0.1, 0.15) is 0 Å². The molecule has 1 aliphatic rings. The van der Waals surface area contributed by atoms with Crippen molar-refractivity contribution in [3.63, 3.8) is 0 Å². The van der Waals surface area contributed by atoms with Crippen LogP contribution in [0.15, 0.2) is 72.8 Å². The van der Waals surface area contributed by atoms with Crippen LogP contribution in [0.2, 0.25) is 13.1 Å². The zero-order chi connectivity index (χ0) is 14.9. The first-order valence-electron chi connectivity index (χ1n) is 7.35. The van der Waals surface area contributed by atoms with E-state index in [0.29, 0.717) is 0 Å². The van der Waals surface area contributed by atoms with Gasteiger partial charge in [-0.05, 0) is 6.42 Å². The van der Waals surface area contributed by atoms with Crippen molar-refractivity contribution in [2.24, 2.45) is 0 Å². The van der Waals surface area contributed by atoms with Crippen molar-refractivity contribution < 1.29 is 26.8 Å². The maximum absolute atomic E-state index is 3.30. The Morgan fingerprint density at radius 2 is 1.46 bits per heavy atom. The van der Waals surface area contributed by atoms with Gasteiger partial charge in [0, 0.05) is 9.52 Å². The van der Waals surface area contributed by atoms with Crippen LogP contribution in [-0.4, -0.2) is 9.52 Å². The van der Waals surface area contributed by atoms with E-state index in [4.69, 9.17) is 0 Å². The summed E-state index contributed by atoms with van der Waals surface area (Å²) in [6.45, 7) is 4.42. The molecule has 3 aromatic rings. The monoisotopic (exact) mass is 379 g/mol. The quantitative estimate of drug-likeness (QED) is 0.271. The average molecular weight is 379 g/mol. The molecule has 0 aromatic heterocycles. The summed E-state index contributed by atoms with van der Waals surface area (Å²) in [5, 5.41) is 0. The molecule has 1 radical (unpaired) electrons. The Morgan fingerprint density at radius 1 is 0.875 bits per heavy atom. The van der Waals surface area contributed by atoms with Crippen molar-refractivity contribution in [1.82, 2.24) is 0 Å². The van der Waals surface area contributed by atoms with Gasteiger partial charge in [0.25, 0.3) is 0 Å². The van der Waals surface area contributed by atoms with Crippen LogP contribution in [0, 0.1) is 6.07 Å². The summed E-state index contributed by atoms with van der Waals surface area (Å²) in [6.07, 6.45) is 1.05. The minimum absolute atomic E-state index is 0. The molecule has 125 valence electrons. The molecule has 0 spiro atoms. The second-order valence-corrected chi connectivity index (χ2v) is 6.09. The fraction of sp³-hybridized carbons (Fsp3) is 0.150. The van der Waals surface area contributed by atoms with E-state index in [2.05, 4.69) is 55.6 Å². The normalized spacial score (nSPS) is 9.08. The van der Waals surface area contributed by atoms with Gasteiger partial charge in [-0.3, -0.25) is 0 Å². The van der Waals surface area contributed by atoms with Crippen LogP contribution in [0.1, 0.15) is 11.1 Å². The Hall–Kier alpha value is -1.60. The van der Waals surface area contributed by atoms with E-state index in [1.54, 1.807) is 0 Å². The van der Waals surface area contributed by atoms with E-state index in [1.807, 2.05) is 36.4 Å². The Bertz CT molecular complexity index is 594. The molecule has 1 aliphatic carbocycles. The molecule has 0 bridgehead atoms. The van der Waals surface area contributed by atoms with Gasteiger partial charge in [-0.15, -0.1) is 5.56 Å². The maximum atomic E-state index is 3.30. The minimum atomic E-state index is 0. The van der Waals surface area contributed by atoms with E-state index in [-0.39, 0.29) is 26.8 Å². The average Bonchev–Trinajstić information content (AvgIpc) is 3.19. The van der Waals surface area contributed by atoms with Gasteiger partial charge in [-0.1, -0.05) is 48.5 Å². The summed E-state index contributed by atoms with van der Waals surface area (Å²) in [6, 6.07) is 28.1. The Labute approximate surface area is 157 Å². The number of hydrogen-bond acceptors (Lipinski definition) is 0. The number of fused-ring (bicyclic) bond motifs is 3. The van der Waals surface area contributed by atoms with Crippen molar-refractivity contribution in [3.8, 4) is 11.1 Å². The smallest absolute Gasteiger partial charge is 1.00 e. The Morgan fingerprint density at radius 3 is 2.04 bits per heavy atom. The first kappa shape index (κ1) is 24.6. The summed E-state index contributed by atoms with van der Waals surface area (Å²) in [5.41, 5.74) is 5.51. The first-order chi connectivity index (χ1) is 10.4. The van der Waals surface area contributed by atoms with Crippen LogP contribution in [0.5, 0.6) is 0 Å². The maximum Gasteiger partial charge on any atom is 4.00 e. The summed E-state index contributed by atoms with van der Waals surface area (Å²) in [5.74, 6) is 0. The summed E-state index contributed by atoms with van der Waals surface area (Å²) < 4.78 is 0. The number of halogens is 2. The first-order valence-corrected chi connectivity index (χ1v) is 9.66. The van der Waals surface area contributed by atoms with Gasteiger partial charge in [0.15, 0.2) is 0 Å². The third kappa shape index (κ3) is 6.88. The van der Waals surface area contributed by atoms with Crippen LogP contribution in [0.4, 0.5) is 0 Å². The van der Waals surface area contributed by atoms with Crippen LogP contribution in [-0.2, 0) is 23.8 Å². The molecule has 3 aromatic carbocycles. The van der Waals surface area contributed by atoms with Crippen LogP contribution in [0.3, 0.4) is 0 Å². The van der Waals surface area contributed by atoms with E-state index in [9.17, 15) is 0 Å². The van der Waals surface area contributed by atoms with Crippen molar-refractivity contribution in [2.75, 3.05) is 0 Å². The van der Waals surface area contributed by atoms with Gasteiger partial charge < -0.3 is 9.41 Å². The molecule has 0 aliphatic heterocycles. The molecule has 0 fully saturated rings. The third-order valence-electron chi connectivity index (χ3n) is 3.17. The molecule has 0 saturated heterocycles. The molecule has 0 unspecified atom stereocenters.